The molecule has 0 aromatic heterocycles. The first-order valence-corrected chi connectivity index (χ1v) is 5.86. The van der Waals surface area contributed by atoms with E-state index in [0.29, 0.717) is 0 Å². The molecule has 0 saturated heterocycles. The molecule has 0 aliphatic rings. The van der Waals surface area contributed by atoms with Gasteiger partial charge in [0.1, 0.15) is 6.30 Å². The first-order chi connectivity index (χ1) is 6.24. The van der Waals surface area contributed by atoms with Crippen LogP contribution in [-0.4, -0.2) is 34.4 Å². The zero-order valence-electron chi connectivity index (χ0n) is 7.92. The van der Waals surface area contributed by atoms with E-state index in [0.717, 1.165) is 5.19 Å². The van der Waals surface area contributed by atoms with Crippen LogP contribution in [0.5, 0.6) is 0 Å². The predicted molar refractivity (Wildman–Crippen MR) is 54.6 cm³/mol. The molecule has 0 bridgehead atoms. The zero-order chi connectivity index (χ0) is 9.68. The molecule has 4 heteroatoms. The molecule has 1 aromatic rings. The van der Waals surface area contributed by atoms with Gasteiger partial charge in [-0.15, -0.1) is 0 Å². The molecular weight excluding hydrogens is 183 g/mol. The molecule has 13 heavy (non-hydrogen) atoms. The van der Waals surface area contributed by atoms with Gasteiger partial charge in [-0.3, -0.25) is 14.5 Å². The van der Waals surface area contributed by atoms with Crippen molar-refractivity contribution in [3.8, 4) is 0 Å². The van der Waals surface area contributed by atoms with Gasteiger partial charge in [0.25, 0.3) is 0 Å². The predicted octanol–water partition coefficient (Wildman–Crippen LogP) is 0.460. The van der Waals surface area contributed by atoms with Crippen molar-refractivity contribution in [2.75, 3.05) is 20.4 Å². The SMILES string of the molecule is CN(C)N[Si](CF)c1ccccc1. The highest BCUT2D eigenvalue weighted by atomic mass is 28.3. The Morgan fingerprint density at radius 3 is 2.38 bits per heavy atom. The number of hydrazine groups is 1. The summed E-state index contributed by atoms with van der Waals surface area (Å²) >= 11 is 0. The van der Waals surface area contributed by atoms with E-state index in [1.807, 2.05) is 44.4 Å². The molecule has 2 nitrogen and oxygen atoms in total. The van der Waals surface area contributed by atoms with Crippen LogP contribution in [0.15, 0.2) is 30.3 Å². The van der Waals surface area contributed by atoms with Crippen molar-refractivity contribution in [1.29, 1.82) is 0 Å². The standard InChI is InChI=1S/C9H14FN2Si/c1-12(2)11-13(8-10)9-6-4-3-5-7-9/h3-7,11H,8H2,1-2H3. The quantitative estimate of drug-likeness (QED) is 0.557. The molecule has 1 radical (unpaired) electrons. The molecule has 0 amide bonds. The second kappa shape index (κ2) is 5.11. The Hall–Kier alpha value is -0.713. The van der Waals surface area contributed by atoms with E-state index in [1.54, 1.807) is 5.01 Å². The zero-order valence-corrected chi connectivity index (χ0v) is 8.92. The third-order valence-corrected chi connectivity index (χ3v) is 3.63. The summed E-state index contributed by atoms with van der Waals surface area (Å²) in [5.74, 6) is 0. The van der Waals surface area contributed by atoms with Crippen LogP contribution in [0, 0.1) is 0 Å². The molecule has 1 rings (SSSR count). The number of hydrogen-bond acceptors (Lipinski definition) is 2. The van der Waals surface area contributed by atoms with Crippen molar-refractivity contribution in [2.45, 2.75) is 0 Å². The molecule has 0 fully saturated rings. The second-order valence-corrected chi connectivity index (χ2v) is 5.01. The van der Waals surface area contributed by atoms with Crippen molar-refractivity contribution < 1.29 is 4.39 Å². The van der Waals surface area contributed by atoms with Crippen LogP contribution in [0.1, 0.15) is 0 Å². The van der Waals surface area contributed by atoms with Gasteiger partial charge >= 0.3 is 0 Å². The minimum Gasteiger partial charge on any atom is -0.270 e. The minimum absolute atomic E-state index is 0.299. The van der Waals surface area contributed by atoms with Crippen LogP contribution in [-0.2, 0) is 0 Å². The van der Waals surface area contributed by atoms with Gasteiger partial charge in [0.05, 0.1) is 0 Å². The van der Waals surface area contributed by atoms with Gasteiger partial charge in [0, 0.05) is 14.1 Å². The summed E-state index contributed by atoms with van der Waals surface area (Å²) in [6, 6.07) is 9.74. The number of nitrogens with one attached hydrogen (secondary N) is 1. The molecule has 0 unspecified atom stereocenters. The first kappa shape index (κ1) is 10.4. The van der Waals surface area contributed by atoms with Crippen LogP contribution in [0.4, 0.5) is 4.39 Å². The van der Waals surface area contributed by atoms with E-state index in [4.69, 9.17) is 0 Å². The Bertz CT molecular complexity index is 241. The Morgan fingerprint density at radius 2 is 1.92 bits per heavy atom. The number of benzene rings is 1. The maximum atomic E-state index is 12.7. The fourth-order valence-corrected chi connectivity index (χ4v) is 2.56. The second-order valence-electron chi connectivity index (χ2n) is 2.98. The summed E-state index contributed by atoms with van der Waals surface area (Å²) in [7, 11) is 2.50. The average molecular weight is 197 g/mol. The van der Waals surface area contributed by atoms with Crippen molar-refractivity contribution in [1.82, 2.24) is 10.1 Å². The lowest BCUT2D eigenvalue weighted by molar-refractivity contribution is 0.364. The van der Waals surface area contributed by atoms with Crippen LogP contribution in [0.25, 0.3) is 0 Å². The van der Waals surface area contributed by atoms with Crippen LogP contribution >= 0.6 is 0 Å². The Labute approximate surface area is 80.0 Å². The molecule has 0 atom stereocenters. The van der Waals surface area contributed by atoms with E-state index < -0.39 is 8.96 Å². The van der Waals surface area contributed by atoms with Crippen molar-refractivity contribution in [3.05, 3.63) is 30.3 Å². The molecule has 0 spiro atoms. The van der Waals surface area contributed by atoms with Crippen molar-refractivity contribution in [3.63, 3.8) is 0 Å². The molecule has 1 aromatic carbocycles. The van der Waals surface area contributed by atoms with E-state index >= 15 is 0 Å². The lowest BCUT2D eigenvalue weighted by Crippen LogP contribution is -2.52. The normalized spacial score (nSPS) is 11.2. The van der Waals surface area contributed by atoms with Gasteiger partial charge < -0.3 is 0 Å². The molecular formula is C9H14FN2Si. The van der Waals surface area contributed by atoms with Gasteiger partial charge in [-0.05, 0) is 5.19 Å². The largest absolute Gasteiger partial charge is 0.270 e. The van der Waals surface area contributed by atoms with E-state index in [9.17, 15) is 4.39 Å². The van der Waals surface area contributed by atoms with Gasteiger partial charge in [-0.2, -0.15) is 0 Å². The molecule has 0 heterocycles. The fraction of sp³-hybridized carbons (Fsp3) is 0.333. The molecule has 71 valence electrons. The van der Waals surface area contributed by atoms with Gasteiger partial charge in [0.15, 0.2) is 0 Å². The maximum absolute atomic E-state index is 12.7. The number of hydrogen-bond donors (Lipinski definition) is 1. The third kappa shape index (κ3) is 3.26. The molecule has 1 N–H and O–H groups in total. The van der Waals surface area contributed by atoms with Gasteiger partial charge in [-0.1, -0.05) is 30.3 Å². The summed E-state index contributed by atoms with van der Waals surface area (Å²) in [6.45, 7) is 0. The summed E-state index contributed by atoms with van der Waals surface area (Å²) in [6.07, 6.45) is -0.299. The third-order valence-electron chi connectivity index (χ3n) is 1.61. The monoisotopic (exact) mass is 197 g/mol. The fourth-order valence-electron chi connectivity index (χ4n) is 1.08. The topological polar surface area (TPSA) is 15.3 Å². The molecule has 0 saturated carbocycles. The highest BCUT2D eigenvalue weighted by Crippen LogP contribution is 1.87. The lowest BCUT2D eigenvalue weighted by Gasteiger charge is -2.18. The minimum atomic E-state index is -1.25. The Kier molecular flexibility index (Phi) is 4.08. The number of rotatable bonds is 4. The summed E-state index contributed by atoms with van der Waals surface area (Å²) in [4.78, 5) is 0. The van der Waals surface area contributed by atoms with Crippen LogP contribution in [0.2, 0.25) is 0 Å². The smallest absolute Gasteiger partial charge is 0.219 e. The number of halogens is 1. The molecule has 0 aliphatic carbocycles. The van der Waals surface area contributed by atoms with Gasteiger partial charge in [0.2, 0.25) is 8.96 Å². The Balaban J connectivity index is 2.67. The summed E-state index contributed by atoms with van der Waals surface area (Å²) in [5.41, 5.74) is 0. The first-order valence-electron chi connectivity index (χ1n) is 4.15. The summed E-state index contributed by atoms with van der Waals surface area (Å²) in [5, 5.41) is 5.99. The Morgan fingerprint density at radius 1 is 1.31 bits per heavy atom. The highest BCUT2D eigenvalue weighted by Gasteiger charge is 2.14. The van der Waals surface area contributed by atoms with Crippen molar-refractivity contribution >= 4 is 14.1 Å². The van der Waals surface area contributed by atoms with E-state index in [1.165, 1.54) is 0 Å². The van der Waals surface area contributed by atoms with Crippen LogP contribution < -0.4 is 10.3 Å². The van der Waals surface area contributed by atoms with E-state index in [-0.39, 0.29) is 6.30 Å². The maximum Gasteiger partial charge on any atom is 0.219 e. The highest BCUT2D eigenvalue weighted by molar-refractivity contribution is 6.70. The number of nitrogens with zero attached hydrogens (tertiary/aromatic N) is 1. The van der Waals surface area contributed by atoms with Gasteiger partial charge in [-0.25, -0.2) is 0 Å². The van der Waals surface area contributed by atoms with Crippen LogP contribution in [0.3, 0.4) is 0 Å². The average Bonchev–Trinajstić information content (AvgIpc) is 2.15. The van der Waals surface area contributed by atoms with Crippen molar-refractivity contribution in [2.24, 2.45) is 0 Å². The van der Waals surface area contributed by atoms with E-state index in [2.05, 4.69) is 5.09 Å². The lowest BCUT2D eigenvalue weighted by atomic mass is 10.4. The number of alkyl halides is 1. The molecule has 0 aliphatic heterocycles. The summed E-state index contributed by atoms with van der Waals surface area (Å²) < 4.78 is 12.7.